The summed E-state index contributed by atoms with van der Waals surface area (Å²) in [6.07, 6.45) is 3.05. The third-order valence-corrected chi connectivity index (χ3v) is 4.21. The van der Waals surface area contributed by atoms with Crippen molar-refractivity contribution in [3.8, 4) is 5.75 Å². The molecule has 124 valence electrons. The molecule has 3 rings (SSSR count). The molecule has 2 nitrogen and oxygen atoms in total. The molecular formula is C23H20O2. The van der Waals surface area contributed by atoms with Crippen LogP contribution in [0.25, 0.3) is 0 Å². The summed E-state index contributed by atoms with van der Waals surface area (Å²) >= 11 is 0. The first-order chi connectivity index (χ1) is 12.2. The topological polar surface area (TPSA) is 37.3 Å². The van der Waals surface area contributed by atoms with Crippen molar-refractivity contribution in [2.24, 2.45) is 0 Å². The van der Waals surface area contributed by atoms with Crippen LogP contribution in [0.4, 0.5) is 0 Å². The van der Waals surface area contributed by atoms with Crippen molar-refractivity contribution in [3.05, 3.63) is 113 Å². The highest BCUT2D eigenvalue weighted by molar-refractivity contribution is 6.08. The van der Waals surface area contributed by atoms with E-state index in [0.717, 1.165) is 16.7 Å². The third kappa shape index (κ3) is 3.86. The van der Waals surface area contributed by atoms with E-state index in [9.17, 15) is 9.90 Å². The lowest BCUT2D eigenvalue weighted by Gasteiger charge is -2.09. The molecule has 0 spiro atoms. The average Bonchev–Trinajstić information content (AvgIpc) is 2.66. The van der Waals surface area contributed by atoms with E-state index < -0.39 is 0 Å². The zero-order valence-electron chi connectivity index (χ0n) is 14.0. The van der Waals surface area contributed by atoms with E-state index in [1.54, 1.807) is 6.08 Å². The van der Waals surface area contributed by atoms with E-state index in [-0.39, 0.29) is 5.78 Å². The van der Waals surface area contributed by atoms with E-state index in [2.05, 4.69) is 6.58 Å². The Morgan fingerprint density at radius 2 is 1.48 bits per heavy atom. The van der Waals surface area contributed by atoms with E-state index >= 15 is 0 Å². The Morgan fingerprint density at radius 3 is 2.16 bits per heavy atom. The van der Waals surface area contributed by atoms with Gasteiger partial charge in [-0.25, -0.2) is 0 Å². The largest absolute Gasteiger partial charge is 0.507 e. The summed E-state index contributed by atoms with van der Waals surface area (Å²) in [7, 11) is 0. The van der Waals surface area contributed by atoms with Crippen LogP contribution < -0.4 is 0 Å². The first kappa shape index (κ1) is 16.7. The van der Waals surface area contributed by atoms with Gasteiger partial charge in [0.15, 0.2) is 5.78 Å². The minimum atomic E-state index is 0.0166. The number of ketones is 1. The van der Waals surface area contributed by atoms with Crippen molar-refractivity contribution < 1.29 is 9.90 Å². The third-order valence-electron chi connectivity index (χ3n) is 4.21. The Bertz CT molecular complexity index is 878. The van der Waals surface area contributed by atoms with Crippen molar-refractivity contribution in [3.63, 3.8) is 0 Å². The van der Waals surface area contributed by atoms with Crippen LogP contribution in [-0.4, -0.2) is 10.9 Å². The summed E-state index contributed by atoms with van der Waals surface area (Å²) in [5.41, 5.74) is 4.16. The van der Waals surface area contributed by atoms with Crippen LogP contribution in [0.15, 0.2) is 85.5 Å². The molecule has 0 amide bonds. The van der Waals surface area contributed by atoms with E-state index in [0.29, 0.717) is 29.7 Å². The molecule has 0 radical (unpaired) electrons. The van der Waals surface area contributed by atoms with Crippen LogP contribution in [0, 0.1) is 0 Å². The van der Waals surface area contributed by atoms with Crippen molar-refractivity contribution in [2.75, 3.05) is 0 Å². The van der Waals surface area contributed by atoms with Crippen molar-refractivity contribution in [1.29, 1.82) is 0 Å². The van der Waals surface area contributed by atoms with E-state index in [1.807, 2.05) is 72.8 Å². The molecule has 0 saturated carbocycles. The fraction of sp³-hybridized carbons (Fsp3) is 0.0870. The normalized spacial score (nSPS) is 10.4. The molecule has 0 atom stereocenters. The van der Waals surface area contributed by atoms with Crippen molar-refractivity contribution >= 4 is 5.78 Å². The molecule has 0 saturated heterocycles. The molecule has 3 aromatic rings. The quantitative estimate of drug-likeness (QED) is 0.514. The van der Waals surface area contributed by atoms with Crippen LogP contribution >= 0.6 is 0 Å². The van der Waals surface area contributed by atoms with E-state index in [1.165, 1.54) is 0 Å². The molecule has 0 aliphatic rings. The van der Waals surface area contributed by atoms with Crippen LogP contribution in [0.1, 0.15) is 32.6 Å². The number of allylic oxidation sites excluding steroid dienone is 1. The lowest BCUT2D eigenvalue weighted by Crippen LogP contribution is -2.01. The minimum absolute atomic E-state index is 0.0166. The maximum Gasteiger partial charge on any atom is 0.193 e. The second-order valence-electron chi connectivity index (χ2n) is 5.99. The van der Waals surface area contributed by atoms with Crippen molar-refractivity contribution in [1.82, 2.24) is 0 Å². The minimum Gasteiger partial charge on any atom is -0.507 e. The molecule has 0 aliphatic heterocycles. The standard InChI is InChI=1S/C23H20O2/c1-2-7-18-10-6-11-21(23(18)25)16-17-12-14-20(15-13-17)22(24)19-8-4-3-5-9-19/h2-6,8-15,25H,1,7,16H2. The summed E-state index contributed by atoms with van der Waals surface area (Å²) < 4.78 is 0. The predicted octanol–water partition coefficient (Wildman–Crippen LogP) is 4.94. The van der Waals surface area contributed by atoms with Crippen molar-refractivity contribution in [2.45, 2.75) is 12.8 Å². The maximum atomic E-state index is 12.4. The van der Waals surface area contributed by atoms with Gasteiger partial charge in [-0.2, -0.15) is 0 Å². The average molecular weight is 328 g/mol. The van der Waals surface area contributed by atoms with Gasteiger partial charge in [0.2, 0.25) is 0 Å². The summed E-state index contributed by atoms with van der Waals surface area (Å²) in [5, 5.41) is 10.4. The Kier molecular flexibility index (Phi) is 5.10. The number of para-hydroxylation sites is 1. The number of hydrogen-bond donors (Lipinski definition) is 1. The fourth-order valence-corrected chi connectivity index (χ4v) is 2.86. The molecular weight excluding hydrogens is 308 g/mol. The number of phenolic OH excluding ortho intramolecular Hbond substituents is 1. The first-order valence-electron chi connectivity index (χ1n) is 8.28. The number of carbonyl (C=O) groups is 1. The fourth-order valence-electron chi connectivity index (χ4n) is 2.86. The van der Waals surface area contributed by atoms with E-state index in [4.69, 9.17) is 0 Å². The van der Waals surface area contributed by atoms with Gasteiger partial charge in [0, 0.05) is 17.5 Å². The van der Waals surface area contributed by atoms with Gasteiger partial charge in [-0.3, -0.25) is 4.79 Å². The lowest BCUT2D eigenvalue weighted by atomic mass is 9.97. The smallest absolute Gasteiger partial charge is 0.193 e. The first-order valence-corrected chi connectivity index (χ1v) is 8.28. The molecule has 0 aromatic heterocycles. The monoisotopic (exact) mass is 328 g/mol. The van der Waals surface area contributed by atoms with Crippen LogP contribution in [-0.2, 0) is 12.8 Å². The lowest BCUT2D eigenvalue weighted by molar-refractivity contribution is 0.103. The number of phenols is 1. The van der Waals surface area contributed by atoms with Crippen LogP contribution in [0.3, 0.4) is 0 Å². The summed E-state index contributed by atoms with van der Waals surface area (Å²) in [6.45, 7) is 3.72. The number of hydrogen-bond acceptors (Lipinski definition) is 2. The zero-order valence-corrected chi connectivity index (χ0v) is 14.0. The van der Waals surface area contributed by atoms with Gasteiger partial charge >= 0.3 is 0 Å². The highest BCUT2D eigenvalue weighted by atomic mass is 16.3. The number of rotatable bonds is 6. The van der Waals surface area contributed by atoms with Gasteiger partial charge in [0.1, 0.15) is 5.75 Å². The number of carbonyl (C=O) groups excluding carboxylic acids is 1. The molecule has 0 unspecified atom stereocenters. The number of benzene rings is 3. The summed E-state index contributed by atoms with van der Waals surface area (Å²) in [4.78, 5) is 12.4. The Morgan fingerprint density at radius 1 is 0.840 bits per heavy atom. The predicted molar refractivity (Wildman–Crippen MR) is 101 cm³/mol. The Hall–Kier alpha value is -3.13. The molecule has 0 bridgehead atoms. The van der Waals surface area contributed by atoms with Crippen LogP contribution in [0.5, 0.6) is 5.75 Å². The Balaban J connectivity index is 1.79. The molecule has 0 fully saturated rings. The SMILES string of the molecule is C=CCc1cccc(Cc2ccc(C(=O)c3ccccc3)cc2)c1O. The molecule has 1 N–H and O–H groups in total. The molecule has 3 aromatic carbocycles. The summed E-state index contributed by atoms with van der Waals surface area (Å²) in [5.74, 6) is 0.342. The maximum absolute atomic E-state index is 12.4. The van der Waals surface area contributed by atoms with Gasteiger partial charge in [-0.05, 0) is 23.1 Å². The molecule has 2 heteroatoms. The highest BCUT2D eigenvalue weighted by Gasteiger charge is 2.10. The summed E-state index contributed by atoms with van der Waals surface area (Å²) in [6, 6.07) is 22.6. The van der Waals surface area contributed by atoms with Gasteiger partial charge in [-0.1, -0.05) is 78.9 Å². The molecule has 25 heavy (non-hydrogen) atoms. The van der Waals surface area contributed by atoms with Gasteiger partial charge in [0.25, 0.3) is 0 Å². The zero-order chi connectivity index (χ0) is 17.6. The molecule has 0 heterocycles. The van der Waals surface area contributed by atoms with Crippen LogP contribution in [0.2, 0.25) is 0 Å². The second kappa shape index (κ2) is 7.63. The molecule has 0 aliphatic carbocycles. The van der Waals surface area contributed by atoms with Gasteiger partial charge in [0.05, 0.1) is 0 Å². The highest BCUT2D eigenvalue weighted by Crippen LogP contribution is 2.26. The second-order valence-corrected chi connectivity index (χ2v) is 5.99. The number of aromatic hydroxyl groups is 1. The Labute approximate surface area is 148 Å². The van der Waals surface area contributed by atoms with Gasteiger partial charge < -0.3 is 5.11 Å². The van der Waals surface area contributed by atoms with Gasteiger partial charge in [-0.15, -0.1) is 6.58 Å².